The fourth-order valence-corrected chi connectivity index (χ4v) is 3.95. The van der Waals surface area contributed by atoms with E-state index in [1.54, 1.807) is 11.3 Å². The van der Waals surface area contributed by atoms with Gasteiger partial charge in [0.05, 0.1) is 9.20 Å². The van der Waals surface area contributed by atoms with Crippen molar-refractivity contribution in [2.75, 3.05) is 0 Å². The van der Waals surface area contributed by atoms with Crippen LogP contribution in [-0.4, -0.2) is 10.8 Å². The number of hydrogen-bond acceptors (Lipinski definition) is 4. The fraction of sp³-hybridized carbons (Fsp3) is 0.111. The Balaban J connectivity index is 2.00. The molecule has 23 heavy (non-hydrogen) atoms. The third kappa shape index (κ3) is 3.75. The van der Waals surface area contributed by atoms with Crippen LogP contribution in [0.4, 0.5) is 0 Å². The molecule has 0 aliphatic carbocycles. The van der Waals surface area contributed by atoms with E-state index in [2.05, 4.69) is 4.98 Å². The lowest BCUT2D eigenvalue weighted by atomic mass is 10.0. The van der Waals surface area contributed by atoms with Crippen LogP contribution in [0.5, 0.6) is 0 Å². The normalized spacial score (nSPS) is 12.8. The molecule has 0 saturated carbocycles. The maximum atomic E-state index is 12.4. The highest BCUT2D eigenvalue weighted by Gasteiger charge is 2.05. The molecule has 0 saturated heterocycles. The minimum absolute atomic E-state index is 0.100. The summed E-state index contributed by atoms with van der Waals surface area (Å²) >= 11 is 2.87. The van der Waals surface area contributed by atoms with Crippen molar-refractivity contribution in [3.05, 3.63) is 76.8 Å². The summed E-state index contributed by atoms with van der Waals surface area (Å²) in [6.07, 6.45) is 3.33. The molecule has 0 fully saturated rings. The second-order valence-electron chi connectivity index (χ2n) is 5.33. The van der Waals surface area contributed by atoms with Crippen LogP contribution in [-0.2, 0) is 0 Å². The molecule has 0 bridgehead atoms. The van der Waals surface area contributed by atoms with E-state index in [9.17, 15) is 9.59 Å². The number of carbonyl (C=O) groups is 1. The summed E-state index contributed by atoms with van der Waals surface area (Å²) < 4.78 is 1.17. The Kier molecular flexibility index (Phi) is 4.41. The van der Waals surface area contributed by atoms with Gasteiger partial charge >= 0.3 is 0 Å². The summed E-state index contributed by atoms with van der Waals surface area (Å²) in [5, 5.41) is 1.96. The molecule has 2 aromatic heterocycles. The van der Waals surface area contributed by atoms with Crippen LogP contribution in [0.1, 0.15) is 26.4 Å². The Labute approximate surface area is 141 Å². The van der Waals surface area contributed by atoms with Gasteiger partial charge < -0.3 is 4.98 Å². The average Bonchev–Trinajstić information content (AvgIpc) is 3.09. The monoisotopic (exact) mass is 341 g/mol. The van der Waals surface area contributed by atoms with Crippen molar-refractivity contribution in [1.82, 2.24) is 4.98 Å². The number of Topliss-reactive ketones (excluding diaryl/α,β-unsaturated/α-hetero) is 1. The van der Waals surface area contributed by atoms with Crippen molar-refractivity contribution in [1.29, 1.82) is 0 Å². The highest BCUT2D eigenvalue weighted by atomic mass is 32.1. The van der Waals surface area contributed by atoms with Gasteiger partial charge in [0.1, 0.15) is 0 Å². The molecular formula is C18H15NO2S2. The number of aromatic nitrogens is 1. The van der Waals surface area contributed by atoms with Gasteiger partial charge in [-0.1, -0.05) is 23.3 Å². The predicted octanol–water partition coefficient (Wildman–Crippen LogP) is 2.61. The first-order valence-corrected chi connectivity index (χ1v) is 8.79. The van der Waals surface area contributed by atoms with Gasteiger partial charge in [-0.2, -0.15) is 0 Å². The first kappa shape index (κ1) is 15.6. The van der Waals surface area contributed by atoms with Crippen LogP contribution in [0.25, 0.3) is 12.2 Å². The zero-order valence-corrected chi connectivity index (χ0v) is 14.4. The third-order valence-corrected chi connectivity index (χ3v) is 5.05. The van der Waals surface area contributed by atoms with Crippen molar-refractivity contribution in [3.63, 3.8) is 0 Å². The number of ketones is 1. The van der Waals surface area contributed by atoms with Gasteiger partial charge in [-0.05, 0) is 43.5 Å². The van der Waals surface area contributed by atoms with Crippen LogP contribution < -0.4 is 14.8 Å². The minimum Gasteiger partial charge on any atom is -0.313 e. The molecule has 2 heterocycles. The molecule has 0 unspecified atom stereocenters. The average molecular weight is 341 g/mol. The Morgan fingerprint density at radius 3 is 2.57 bits per heavy atom. The van der Waals surface area contributed by atoms with E-state index < -0.39 is 0 Å². The number of nitrogens with one attached hydrogen (secondary N) is 1. The van der Waals surface area contributed by atoms with Gasteiger partial charge in [0.25, 0.3) is 5.56 Å². The SMILES string of the molecule is Cc1cc(C)cc(C(=O)C=c2[nH]c(=O)c(=Cc3cccs3)s2)c1. The fourth-order valence-electron chi connectivity index (χ4n) is 2.35. The van der Waals surface area contributed by atoms with Crippen molar-refractivity contribution in [2.45, 2.75) is 13.8 Å². The standard InChI is InChI=1S/C18H15NO2S2/c1-11-6-12(2)8-13(7-11)15(20)10-17-19-18(21)16(23-17)9-14-4-3-5-22-14/h3-10H,1-2H3,(H,19,21). The first-order chi connectivity index (χ1) is 11.0. The van der Waals surface area contributed by atoms with E-state index >= 15 is 0 Å². The van der Waals surface area contributed by atoms with Gasteiger partial charge in [0, 0.05) is 16.5 Å². The van der Waals surface area contributed by atoms with Crippen LogP contribution in [0.3, 0.4) is 0 Å². The minimum atomic E-state index is -0.164. The molecule has 5 heteroatoms. The van der Waals surface area contributed by atoms with E-state index in [1.165, 1.54) is 17.4 Å². The van der Waals surface area contributed by atoms with Gasteiger partial charge in [0.2, 0.25) is 0 Å². The van der Waals surface area contributed by atoms with E-state index in [4.69, 9.17) is 0 Å². The van der Waals surface area contributed by atoms with Gasteiger partial charge in [-0.25, -0.2) is 0 Å². The van der Waals surface area contributed by atoms with E-state index in [0.29, 0.717) is 14.8 Å². The second kappa shape index (κ2) is 6.48. The topological polar surface area (TPSA) is 49.9 Å². The zero-order chi connectivity index (χ0) is 16.4. The quantitative estimate of drug-likeness (QED) is 0.745. The van der Waals surface area contributed by atoms with Crippen LogP contribution in [0.15, 0.2) is 40.5 Å². The largest absolute Gasteiger partial charge is 0.313 e. The smallest absolute Gasteiger partial charge is 0.266 e. The number of rotatable bonds is 3. The predicted molar refractivity (Wildman–Crippen MR) is 96.8 cm³/mol. The molecule has 0 atom stereocenters. The highest BCUT2D eigenvalue weighted by Crippen LogP contribution is 2.10. The Bertz CT molecular complexity index is 1000. The second-order valence-corrected chi connectivity index (χ2v) is 7.39. The summed E-state index contributed by atoms with van der Waals surface area (Å²) in [6, 6.07) is 9.63. The van der Waals surface area contributed by atoms with Gasteiger partial charge in [-0.3, -0.25) is 9.59 Å². The summed E-state index contributed by atoms with van der Waals surface area (Å²) in [5.74, 6) is -0.100. The molecule has 0 spiro atoms. The number of H-pyrrole nitrogens is 1. The maximum Gasteiger partial charge on any atom is 0.266 e. The Morgan fingerprint density at radius 2 is 1.91 bits per heavy atom. The number of thiophene rings is 1. The third-order valence-electron chi connectivity index (χ3n) is 3.27. The van der Waals surface area contributed by atoms with Crippen molar-refractivity contribution in [3.8, 4) is 0 Å². The van der Waals surface area contributed by atoms with Crippen LogP contribution in [0.2, 0.25) is 0 Å². The van der Waals surface area contributed by atoms with Crippen molar-refractivity contribution in [2.24, 2.45) is 0 Å². The summed E-state index contributed by atoms with van der Waals surface area (Å²) in [5.41, 5.74) is 2.57. The molecular weight excluding hydrogens is 326 g/mol. The molecule has 1 aromatic carbocycles. The molecule has 0 radical (unpaired) electrons. The molecule has 0 aliphatic rings. The summed E-state index contributed by atoms with van der Waals surface area (Å²) in [4.78, 5) is 28.1. The van der Waals surface area contributed by atoms with Crippen molar-refractivity contribution < 1.29 is 4.79 Å². The molecule has 116 valence electrons. The van der Waals surface area contributed by atoms with Gasteiger partial charge in [0.15, 0.2) is 5.78 Å². The number of benzene rings is 1. The van der Waals surface area contributed by atoms with Crippen molar-refractivity contribution >= 4 is 40.6 Å². The number of thiazole rings is 1. The molecule has 1 N–H and O–H groups in total. The lowest BCUT2D eigenvalue weighted by Gasteiger charge is -2.00. The first-order valence-electron chi connectivity index (χ1n) is 7.10. The Hall–Kier alpha value is -2.24. The van der Waals surface area contributed by atoms with E-state index in [1.807, 2.05) is 55.6 Å². The highest BCUT2D eigenvalue weighted by molar-refractivity contribution is 7.11. The van der Waals surface area contributed by atoms with E-state index in [0.717, 1.165) is 16.0 Å². The molecule has 3 nitrogen and oxygen atoms in total. The van der Waals surface area contributed by atoms with Crippen LogP contribution in [0, 0.1) is 13.8 Å². The number of aromatic amines is 1. The number of aryl methyl sites for hydroxylation is 2. The Morgan fingerprint density at radius 1 is 1.17 bits per heavy atom. The lowest BCUT2D eigenvalue weighted by molar-refractivity contribution is 0.106. The number of carbonyl (C=O) groups excluding carboxylic acids is 1. The summed E-state index contributed by atoms with van der Waals surface area (Å²) in [6.45, 7) is 3.93. The van der Waals surface area contributed by atoms with E-state index in [-0.39, 0.29) is 11.3 Å². The molecule has 3 rings (SSSR count). The molecule has 0 amide bonds. The van der Waals surface area contributed by atoms with Crippen LogP contribution >= 0.6 is 22.7 Å². The lowest BCUT2D eigenvalue weighted by Crippen LogP contribution is -2.19. The molecule has 0 aliphatic heterocycles. The summed E-state index contributed by atoms with van der Waals surface area (Å²) in [7, 11) is 0. The maximum absolute atomic E-state index is 12.4. The zero-order valence-electron chi connectivity index (χ0n) is 12.8. The van der Waals surface area contributed by atoms with Gasteiger partial charge in [-0.15, -0.1) is 22.7 Å². The number of hydrogen-bond donors (Lipinski definition) is 1. The molecule has 3 aromatic rings.